The third-order valence-corrected chi connectivity index (χ3v) is 3.11. The van der Waals surface area contributed by atoms with Gasteiger partial charge in [0.2, 0.25) is 0 Å². The number of aliphatic hydroxyl groups is 1. The highest BCUT2D eigenvalue weighted by molar-refractivity contribution is 5.99. The van der Waals surface area contributed by atoms with Crippen LogP contribution in [-0.4, -0.2) is 31.2 Å². The number of para-hydroxylation sites is 1. The normalized spacial score (nSPS) is 11.9. The Hall–Kier alpha value is -1.55. The number of anilines is 1. The Morgan fingerprint density at radius 2 is 2.11 bits per heavy atom. The Kier molecular flexibility index (Phi) is 6.22. The molecule has 1 amide bonds. The number of carbonyl (C=O) groups is 1. The standard InChI is InChI=1S/C14H22N2O2/c1-3-11(8-9-17)10-16-14(18)12-6-4-5-7-13(12)15-2/h4-7,11,15,17H,3,8-10H2,1-2H3,(H,16,18). The molecule has 0 aromatic heterocycles. The van der Waals surface area contributed by atoms with Crippen LogP contribution >= 0.6 is 0 Å². The zero-order chi connectivity index (χ0) is 13.4. The molecular formula is C14H22N2O2. The molecule has 1 atom stereocenters. The van der Waals surface area contributed by atoms with Crippen molar-refractivity contribution in [2.45, 2.75) is 19.8 Å². The Labute approximate surface area is 108 Å². The lowest BCUT2D eigenvalue weighted by Gasteiger charge is -2.15. The van der Waals surface area contributed by atoms with Crippen molar-refractivity contribution in [3.05, 3.63) is 29.8 Å². The molecule has 0 spiro atoms. The van der Waals surface area contributed by atoms with E-state index in [9.17, 15) is 4.79 Å². The van der Waals surface area contributed by atoms with Gasteiger partial charge in [0.1, 0.15) is 0 Å². The summed E-state index contributed by atoms with van der Waals surface area (Å²) in [4.78, 5) is 12.0. The average molecular weight is 250 g/mol. The number of carbonyl (C=O) groups excluding carboxylic acids is 1. The molecule has 0 radical (unpaired) electrons. The van der Waals surface area contributed by atoms with Gasteiger partial charge in [0.15, 0.2) is 0 Å². The fourth-order valence-corrected chi connectivity index (χ4v) is 1.86. The quantitative estimate of drug-likeness (QED) is 0.692. The molecule has 1 rings (SSSR count). The van der Waals surface area contributed by atoms with Crippen LogP contribution in [0.1, 0.15) is 30.1 Å². The van der Waals surface area contributed by atoms with E-state index in [1.165, 1.54) is 0 Å². The highest BCUT2D eigenvalue weighted by Gasteiger charge is 2.12. The van der Waals surface area contributed by atoms with Crippen LogP contribution in [0.5, 0.6) is 0 Å². The molecular weight excluding hydrogens is 228 g/mol. The summed E-state index contributed by atoms with van der Waals surface area (Å²) in [5, 5.41) is 14.8. The molecule has 1 unspecified atom stereocenters. The maximum atomic E-state index is 12.0. The summed E-state index contributed by atoms with van der Waals surface area (Å²) in [6.07, 6.45) is 1.68. The first-order valence-corrected chi connectivity index (χ1v) is 6.38. The molecule has 1 aromatic rings. The molecule has 0 bridgehead atoms. The van der Waals surface area contributed by atoms with Crippen LogP contribution in [0.15, 0.2) is 24.3 Å². The molecule has 1 aromatic carbocycles. The number of aliphatic hydroxyl groups excluding tert-OH is 1. The van der Waals surface area contributed by atoms with Crippen molar-refractivity contribution >= 4 is 11.6 Å². The van der Waals surface area contributed by atoms with E-state index in [1.54, 1.807) is 13.1 Å². The fourth-order valence-electron chi connectivity index (χ4n) is 1.86. The molecule has 0 aliphatic carbocycles. The fraction of sp³-hybridized carbons (Fsp3) is 0.500. The van der Waals surface area contributed by atoms with E-state index >= 15 is 0 Å². The number of hydrogen-bond donors (Lipinski definition) is 3. The van der Waals surface area contributed by atoms with Gasteiger partial charge in [0, 0.05) is 25.9 Å². The predicted octanol–water partition coefficient (Wildman–Crippen LogP) is 1.87. The Morgan fingerprint density at radius 3 is 2.72 bits per heavy atom. The van der Waals surface area contributed by atoms with Crippen molar-refractivity contribution < 1.29 is 9.90 Å². The van der Waals surface area contributed by atoms with Crippen molar-refractivity contribution in [1.82, 2.24) is 5.32 Å². The second kappa shape index (κ2) is 7.71. The lowest BCUT2D eigenvalue weighted by atomic mass is 10.0. The van der Waals surface area contributed by atoms with Crippen molar-refractivity contribution in [2.75, 3.05) is 25.5 Å². The van der Waals surface area contributed by atoms with Crippen LogP contribution in [0.4, 0.5) is 5.69 Å². The molecule has 0 aliphatic rings. The second-order valence-corrected chi connectivity index (χ2v) is 4.29. The summed E-state index contributed by atoms with van der Waals surface area (Å²) in [7, 11) is 1.80. The summed E-state index contributed by atoms with van der Waals surface area (Å²) < 4.78 is 0. The molecule has 0 saturated carbocycles. The van der Waals surface area contributed by atoms with Crippen molar-refractivity contribution in [2.24, 2.45) is 5.92 Å². The van der Waals surface area contributed by atoms with Gasteiger partial charge in [-0.05, 0) is 24.5 Å². The Morgan fingerprint density at radius 1 is 1.39 bits per heavy atom. The minimum absolute atomic E-state index is 0.0728. The van der Waals surface area contributed by atoms with Crippen LogP contribution in [0.2, 0.25) is 0 Å². The van der Waals surface area contributed by atoms with Gasteiger partial charge in [0.25, 0.3) is 5.91 Å². The Balaban J connectivity index is 2.59. The van der Waals surface area contributed by atoms with Gasteiger partial charge < -0.3 is 15.7 Å². The second-order valence-electron chi connectivity index (χ2n) is 4.29. The topological polar surface area (TPSA) is 61.4 Å². The van der Waals surface area contributed by atoms with E-state index in [4.69, 9.17) is 5.11 Å². The third-order valence-electron chi connectivity index (χ3n) is 3.11. The highest BCUT2D eigenvalue weighted by atomic mass is 16.3. The zero-order valence-corrected chi connectivity index (χ0v) is 11.1. The SMILES string of the molecule is CCC(CCO)CNC(=O)c1ccccc1NC. The lowest BCUT2D eigenvalue weighted by molar-refractivity contribution is 0.0944. The van der Waals surface area contributed by atoms with Gasteiger partial charge in [-0.15, -0.1) is 0 Å². The van der Waals surface area contributed by atoms with E-state index < -0.39 is 0 Å². The molecule has 3 N–H and O–H groups in total. The van der Waals surface area contributed by atoms with E-state index in [0.717, 1.165) is 18.5 Å². The molecule has 100 valence electrons. The Bertz CT molecular complexity index is 380. The van der Waals surface area contributed by atoms with E-state index in [1.807, 2.05) is 18.2 Å². The summed E-state index contributed by atoms with van der Waals surface area (Å²) in [6, 6.07) is 7.41. The highest BCUT2D eigenvalue weighted by Crippen LogP contribution is 2.14. The molecule has 4 nitrogen and oxygen atoms in total. The maximum Gasteiger partial charge on any atom is 0.253 e. The number of nitrogens with one attached hydrogen (secondary N) is 2. The zero-order valence-electron chi connectivity index (χ0n) is 11.1. The van der Waals surface area contributed by atoms with E-state index in [2.05, 4.69) is 17.6 Å². The van der Waals surface area contributed by atoms with E-state index in [-0.39, 0.29) is 12.5 Å². The molecule has 4 heteroatoms. The van der Waals surface area contributed by atoms with Crippen LogP contribution < -0.4 is 10.6 Å². The first-order valence-electron chi connectivity index (χ1n) is 6.38. The summed E-state index contributed by atoms with van der Waals surface area (Å²) in [6.45, 7) is 2.84. The minimum atomic E-state index is -0.0728. The predicted molar refractivity (Wildman–Crippen MR) is 73.8 cm³/mol. The molecule has 0 aliphatic heterocycles. The van der Waals surface area contributed by atoms with Gasteiger partial charge >= 0.3 is 0 Å². The maximum absolute atomic E-state index is 12.0. The average Bonchev–Trinajstić information content (AvgIpc) is 2.42. The van der Waals surface area contributed by atoms with Crippen molar-refractivity contribution in [1.29, 1.82) is 0 Å². The number of amides is 1. The minimum Gasteiger partial charge on any atom is -0.396 e. The van der Waals surface area contributed by atoms with Crippen molar-refractivity contribution in [3.8, 4) is 0 Å². The van der Waals surface area contributed by atoms with Gasteiger partial charge in [-0.25, -0.2) is 0 Å². The third kappa shape index (κ3) is 4.04. The molecule has 0 saturated heterocycles. The molecule has 18 heavy (non-hydrogen) atoms. The lowest BCUT2D eigenvalue weighted by Crippen LogP contribution is -2.30. The monoisotopic (exact) mass is 250 g/mol. The van der Waals surface area contributed by atoms with Crippen LogP contribution in [0.3, 0.4) is 0 Å². The summed E-state index contributed by atoms with van der Waals surface area (Å²) in [5.74, 6) is 0.261. The number of rotatable bonds is 7. The summed E-state index contributed by atoms with van der Waals surface area (Å²) >= 11 is 0. The van der Waals surface area contributed by atoms with Crippen LogP contribution in [-0.2, 0) is 0 Å². The van der Waals surface area contributed by atoms with Crippen LogP contribution in [0, 0.1) is 5.92 Å². The first kappa shape index (κ1) is 14.5. The van der Waals surface area contributed by atoms with E-state index in [0.29, 0.717) is 18.0 Å². The first-order chi connectivity index (χ1) is 8.72. The molecule has 0 heterocycles. The van der Waals surface area contributed by atoms with Gasteiger partial charge in [-0.2, -0.15) is 0 Å². The number of hydrogen-bond acceptors (Lipinski definition) is 3. The van der Waals surface area contributed by atoms with Gasteiger partial charge in [-0.1, -0.05) is 25.5 Å². The number of benzene rings is 1. The smallest absolute Gasteiger partial charge is 0.253 e. The van der Waals surface area contributed by atoms with Crippen molar-refractivity contribution in [3.63, 3.8) is 0 Å². The largest absolute Gasteiger partial charge is 0.396 e. The van der Waals surface area contributed by atoms with Crippen LogP contribution in [0.25, 0.3) is 0 Å². The van der Waals surface area contributed by atoms with Gasteiger partial charge in [0.05, 0.1) is 5.56 Å². The van der Waals surface area contributed by atoms with Gasteiger partial charge in [-0.3, -0.25) is 4.79 Å². The molecule has 0 fully saturated rings. The summed E-state index contributed by atoms with van der Waals surface area (Å²) in [5.41, 5.74) is 1.48.